The Hall–Kier alpha value is -2.56. The fourth-order valence-electron chi connectivity index (χ4n) is 2.30. The van der Waals surface area contributed by atoms with Crippen LogP contribution in [0.25, 0.3) is 0 Å². The Morgan fingerprint density at radius 1 is 1.17 bits per heavy atom. The third-order valence-electron chi connectivity index (χ3n) is 3.71. The first-order valence-electron chi connectivity index (χ1n) is 7.90. The van der Waals surface area contributed by atoms with E-state index in [1.165, 1.54) is 12.1 Å². The second-order valence-electron chi connectivity index (χ2n) is 5.48. The Balaban J connectivity index is 2.01. The Morgan fingerprint density at radius 3 is 2.46 bits per heavy atom. The molecule has 2 aromatic rings. The van der Waals surface area contributed by atoms with Gasteiger partial charge in [-0.05, 0) is 43.2 Å². The zero-order chi connectivity index (χ0) is 17.5. The van der Waals surface area contributed by atoms with Crippen LogP contribution in [0.1, 0.15) is 31.9 Å². The van der Waals surface area contributed by atoms with Crippen molar-refractivity contribution in [3.63, 3.8) is 0 Å². The summed E-state index contributed by atoms with van der Waals surface area (Å²) < 4.78 is 23.9. The highest BCUT2D eigenvalue weighted by atomic mass is 19.1. The van der Waals surface area contributed by atoms with Gasteiger partial charge in [0, 0.05) is 6.07 Å². The van der Waals surface area contributed by atoms with Gasteiger partial charge in [-0.2, -0.15) is 0 Å². The van der Waals surface area contributed by atoms with Crippen LogP contribution >= 0.6 is 0 Å². The van der Waals surface area contributed by atoms with Gasteiger partial charge in [0.15, 0.2) is 6.10 Å². The van der Waals surface area contributed by atoms with Crippen molar-refractivity contribution in [2.24, 2.45) is 0 Å². The summed E-state index contributed by atoms with van der Waals surface area (Å²) in [7, 11) is 1.58. The topological polar surface area (TPSA) is 47.6 Å². The summed E-state index contributed by atoms with van der Waals surface area (Å²) >= 11 is 0. The molecule has 24 heavy (non-hydrogen) atoms. The van der Waals surface area contributed by atoms with E-state index < -0.39 is 6.10 Å². The SMILES string of the molecule is CC[C@H](Oc1cccc(OC)c1)C(=O)N[C@@H](C)c1ccc(F)cc1. The third-order valence-corrected chi connectivity index (χ3v) is 3.71. The summed E-state index contributed by atoms with van der Waals surface area (Å²) in [5.41, 5.74) is 0.834. The number of methoxy groups -OCH3 is 1. The van der Waals surface area contributed by atoms with Crippen molar-refractivity contribution in [1.29, 1.82) is 0 Å². The average Bonchev–Trinajstić information content (AvgIpc) is 2.60. The number of carbonyl (C=O) groups excluding carboxylic acids is 1. The lowest BCUT2D eigenvalue weighted by molar-refractivity contribution is -0.128. The molecule has 2 atom stereocenters. The van der Waals surface area contributed by atoms with Gasteiger partial charge in [-0.1, -0.05) is 25.1 Å². The van der Waals surface area contributed by atoms with Gasteiger partial charge in [-0.3, -0.25) is 4.79 Å². The first kappa shape index (κ1) is 17.8. The van der Waals surface area contributed by atoms with Crippen LogP contribution in [0.4, 0.5) is 4.39 Å². The highest BCUT2D eigenvalue weighted by molar-refractivity contribution is 5.81. The Labute approximate surface area is 141 Å². The van der Waals surface area contributed by atoms with Crippen molar-refractivity contribution in [3.05, 3.63) is 59.9 Å². The summed E-state index contributed by atoms with van der Waals surface area (Å²) in [4.78, 5) is 12.4. The lowest BCUT2D eigenvalue weighted by atomic mass is 10.1. The predicted octanol–water partition coefficient (Wildman–Crippen LogP) is 3.87. The maximum Gasteiger partial charge on any atom is 0.261 e. The summed E-state index contributed by atoms with van der Waals surface area (Å²) in [6, 6.07) is 13.0. The summed E-state index contributed by atoms with van der Waals surface area (Å²) in [5.74, 6) is 0.732. The number of rotatable bonds is 7. The van der Waals surface area contributed by atoms with Crippen LogP contribution in [0.3, 0.4) is 0 Å². The first-order chi connectivity index (χ1) is 11.5. The molecule has 0 saturated heterocycles. The monoisotopic (exact) mass is 331 g/mol. The fourth-order valence-corrected chi connectivity index (χ4v) is 2.30. The number of halogens is 1. The van der Waals surface area contributed by atoms with Crippen molar-refractivity contribution in [1.82, 2.24) is 5.32 Å². The standard InChI is InChI=1S/C19H22FNO3/c1-4-18(24-17-7-5-6-16(12-17)23-3)19(22)21-13(2)14-8-10-15(20)11-9-14/h5-13,18H,4H2,1-3H3,(H,21,22)/t13-,18-/m0/s1. The smallest absolute Gasteiger partial charge is 0.261 e. The second-order valence-corrected chi connectivity index (χ2v) is 5.48. The minimum Gasteiger partial charge on any atom is -0.497 e. The van der Waals surface area contributed by atoms with Gasteiger partial charge in [0.1, 0.15) is 17.3 Å². The average molecular weight is 331 g/mol. The highest BCUT2D eigenvalue weighted by Crippen LogP contribution is 2.21. The van der Waals surface area contributed by atoms with Gasteiger partial charge in [0.25, 0.3) is 5.91 Å². The highest BCUT2D eigenvalue weighted by Gasteiger charge is 2.21. The molecule has 5 heteroatoms. The minimum atomic E-state index is -0.611. The van der Waals surface area contributed by atoms with E-state index in [1.807, 2.05) is 19.9 Å². The third kappa shape index (κ3) is 4.72. The number of hydrogen-bond acceptors (Lipinski definition) is 3. The van der Waals surface area contributed by atoms with Crippen molar-refractivity contribution < 1.29 is 18.7 Å². The number of nitrogens with one attached hydrogen (secondary N) is 1. The molecule has 4 nitrogen and oxygen atoms in total. The number of hydrogen-bond donors (Lipinski definition) is 1. The molecule has 1 N–H and O–H groups in total. The van der Waals surface area contributed by atoms with Crippen molar-refractivity contribution in [2.45, 2.75) is 32.4 Å². The molecule has 0 unspecified atom stereocenters. The van der Waals surface area contributed by atoms with Crippen molar-refractivity contribution in [2.75, 3.05) is 7.11 Å². The second kappa shape index (κ2) is 8.34. The Bertz CT molecular complexity index is 673. The van der Waals surface area contributed by atoms with Gasteiger partial charge in [0.05, 0.1) is 13.2 Å². The molecule has 0 bridgehead atoms. The Kier molecular flexibility index (Phi) is 6.18. The van der Waals surface area contributed by atoms with Crippen LogP contribution in [-0.2, 0) is 4.79 Å². The molecule has 1 amide bonds. The zero-order valence-electron chi connectivity index (χ0n) is 14.1. The molecular formula is C19H22FNO3. The van der Waals surface area contributed by atoms with E-state index in [9.17, 15) is 9.18 Å². The number of ether oxygens (including phenoxy) is 2. The maximum atomic E-state index is 13.0. The zero-order valence-corrected chi connectivity index (χ0v) is 14.1. The fraction of sp³-hybridized carbons (Fsp3) is 0.316. The van der Waals surface area contributed by atoms with Crippen LogP contribution in [0, 0.1) is 5.82 Å². The van der Waals surface area contributed by atoms with Crippen LogP contribution in [0.5, 0.6) is 11.5 Å². The van der Waals surface area contributed by atoms with E-state index in [1.54, 1.807) is 37.4 Å². The molecule has 0 saturated carbocycles. The molecule has 0 aliphatic rings. The largest absolute Gasteiger partial charge is 0.497 e. The molecular weight excluding hydrogens is 309 g/mol. The summed E-state index contributed by atoms with van der Waals surface area (Å²) in [6.45, 7) is 3.73. The molecule has 0 radical (unpaired) electrons. The quantitative estimate of drug-likeness (QED) is 0.838. The van der Waals surface area contributed by atoms with Gasteiger partial charge in [-0.15, -0.1) is 0 Å². The number of carbonyl (C=O) groups is 1. The van der Waals surface area contributed by atoms with Crippen molar-refractivity contribution in [3.8, 4) is 11.5 Å². The molecule has 2 aromatic carbocycles. The lowest BCUT2D eigenvalue weighted by Crippen LogP contribution is -2.39. The molecule has 0 fully saturated rings. The predicted molar refractivity (Wildman–Crippen MR) is 90.7 cm³/mol. The molecule has 0 aliphatic carbocycles. The lowest BCUT2D eigenvalue weighted by Gasteiger charge is -2.21. The summed E-state index contributed by atoms with van der Waals surface area (Å²) in [6.07, 6.45) is -0.0841. The molecule has 0 aliphatic heterocycles. The van der Waals surface area contributed by atoms with Crippen LogP contribution < -0.4 is 14.8 Å². The van der Waals surface area contributed by atoms with E-state index in [-0.39, 0.29) is 17.8 Å². The van der Waals surface area contributed by atoms with Crippen molar-refractivity contribution >= 4 is 5.91 Å². The van der Waals surface area contributed by atoms with E-state index in [2.05, 4.69) is 5.32 Å². The molecule has 0 aromatic heterocycles. The van der Waals surface area contributed by atoms with Gasteiger partial charge < -0.3 is 14.8 Å². The molecule has 2 rings (SSSR count). The van der Waals surface area contributed by atoms with Gasteiger partial charge in [-0.25, -0.2) is 4.39 Å². The first-order valence-corrected chi connectivity index (χ1v) is 7.90. The molecule has 0 heterocycles. The Morgan fingerprint density at radius 2 is 1.83 bits per heavy atom. The summed E-state index contributed by atoms with van der Waals surface area (Å²) in [5, 5.41) is 2.90. The molecule has 0 spiro atoms. The van der Waals surface area contributed by atoms with E-state index in [4.69, 9.17) is 9.47 Å². The van der Waals surface area contributed by atoms with Gasteiger partial charge in [0.2, 0.25) is 0 Å². The number of benzene rings is 2. The van der Waals surface area contributed by atoms with Crippen LogP contribution in [0.2, 0.25) is 0 Å². The van der Waals surface area contributed by atoms with E-state index >= 15 is 0 Å². The van der Waals surface area contributed by atoms with E-state index in [0.29, 0.717) is 17.9 Å². The number of amides is 1. The minimum absolute atomic E-state index is 0.211. The maximum absolute atomic E-state index is 13.0. The van der Waals surface area contributed by atoms with Crippen LogP contribution in [-0.4, -0.2) is 19.1 Å². The normalized spacial score (nSPS) is 13.0. The van der Waals surface area contributed by atoms with Gasteiger partial charge >= 0.3 is 0 Å². The molecule has 128 valence electrons. The van der Waals surface area contributed by atoms with E-state index in [0.717, 1.165) is 5.56 Å². The van der Waals surface area contributed by atoms with Crippen LogP contribution in [0.15, 0.2) is 48.5 Å².